The number of ether oxygens (including phenoxy) is 1. The topological polar surface area (TPSA) is 53.1 Å². The molecule has 0 saturated heterocycles. The largest absolute Gasteiger partial charge is 0.385 e. The van der Waals surface area contributed by atoms with Crippen LogP contribution < -0.4 is 5.73 Å². The van der Waals surface area contributed by atoms with Crippen LogP contribution in [0.5, 0.6) is 0 Å². The maximum Gasteiger partial charge on any atom is 0.0552 e. The molecule has 0 aliphatic rings. The van der Waals surface area contributed by atoms with E-state index in [1.807, 2.05) is 10.7 Å². The van der Waals surface area contributed by atoms with E-state index in [2.05, 4.69) is 12.0 Å². The van der Waals surface area contributed by atoms with Gasteiger partial charge in [-0.25, -0.2) is 0 Å². The third kappa shape index (κ3) is 2.82. The number of aryl methyl sites for hydroxylation is 1. The summed E-state index contributed by atoms with van der Waals surface area (Å²) in [5.74, 6) is 0. The van der Waals surface area contributed by atoms with Crippen molar-refractivity contribution in [2.24, 2.45) is 5.73 Å². The monoisotopic (exact) mass is 197 g/mol. The Labute approximate surface area is 85.0 Å². The van der Waals surface area contributed by atoms with Crippen LogP contribution in [-0.2, 0) is 11.3 Å². The minimum absolute atomic E-state index is 0.0315. The van der Waals surface area contributed by atoms with Gasteiger partial charge in [0.1, 0.15) is 0 Å². The summed E-state index contributed by atoms with van der Waals surface area (Å²) in [4.78, 5) is 0. The van der Waals surface area contributed by atoms with E-state index < -0.39 is 0 Å². The highest BCUT2D eigenvalue weighted by Crippen LogP contribution is 2.13. The van der Waals surface area contributed by atoms with Gasteiger partial charge in [0.05, 0.1) is 5.69 Å². The fourth-order valence-electron chi connectivity index (χ4n) is 1.45. The molecule has 1 rings (SSSR count). The lowest BCUT2D eigenvalue weighted by Gasteiger charge is -2.13. The first-order valence-electron chi connectivity index (χ1n) is 5.05. The molecule has 14 heavy (non-hydrogen) atoms. The summed E-state index contributed by atoms with van der Waals surface area (Å²) in [6.07, 6.45) is 3.72. The first-order valence-corrected chi connectivity index (χ1v) is 5.05. The number of hydrogen-bond acceptors (Lipinski definition) is 3. The summed E-state index contributed by atoms with van der Waals surface area (Å²) in [5, 5.41) is 4.23. The lowest BCUT2D eigenvalue weighted by Crippen LogP contribution is -2.17. The van der Waals surface area contributed by atoms with Crippen LogP contribution in [0.25, 0.3) is 0 Å². The van der Waals surface area contributed by atoms with Crippen molar-refractivity contribution < 1.29 is 4.74 Å². The fraction of sp³-hybridized carbons (Fsp3) is 0.700. The number of methoxy groups -OCH3 is 1. The van der Waals surface area contributed by atoms with Gasteiger partial charge in [0.25, 0.3) is 0 Å². The molecule has 0 radical (unpaired) electrons. The maximum absolute atomic E-state index is 6.02. The summed E-state index contributed by atoms with van der Waals surface area (Å²) >= 11 is 0. The Kier molecular flexibility index (Phi) is 4.62. The van der Waals surface area contributed by atoms with Crippen LogP contribution in [0, 0.1) is 0 Å². The van der Waals surface area contributed by atoms with Crippen LogP contribution in [0.2, 0.25) is 0 Å². The van der Waals surface area contributed by atoms with Crippen molar-refractivity contribution in [3.63, 3.8) is 0 Å². The molecule has 0 amide bonds. The number of nitrogens with two attached hydrogens (primary N) is 1. The van der Waals surface area contributed by atoms with Crippen molar-refractivity contribution in [2.45, 2.75) is 32.4 Å². The van der Waals surface area contributed by atoms with Gasteiger partial charge in [-0.3, -0.25) is 4.68 Å². The molecule has 1 heterocycles. The molecule has 4 heteroatoms. The minimum atomic E-state index is 0.0315. The zero-order valence-corrected chi connectivity index (χ0v) is 8.94. The Morgan fingerprint density at radius 3 is 3.07 bits per heavy atom. The average Bonchev–Trinajstić information content (AvgIpc) is 2.63. The van der Waals surface area contributed by atoms with E-state index in [0.29, 0.717) is 6.61 Å². The van der Waals surface area contributed by atoms with Crippen molar-refractivity contribution in [3.05, 3.63) is 18.0 Å². The molecule has 1 aromatic heterocycles. The van der Waals surface area contributed by atoms with Crippen LogP contribution in [0.1, 0.15) is 31.5 Å². The zero-order chi connectivity index (χ0) is 10.4. The van der Waals surface area contributed by atoms with Gasteiger partial charge in [0.2, 0.25) is 0 Å². The van der Waals surface area contributed by atoms with Crippen molar-refractivity contribution in [1.82, 2.24) is 9.78 Å². The van der Waals surface area contributed by atoms with Gasteiger partial charge in [0.15, 0.2) is 0 Å². The molecule has 80 valence electrons. The van der Waals surface area contributed by atoms with Gasteiger partial charge in [-0.05, 0) is 18.9 Å². The summed E-state index contributed by atoms with van der Waals surface area (Å²) in [5.41, 5.74) is 7.12. The first-order chi connectivity index (χ1) is 6.79. The summed E-state index contributed by atoms with van der Waals surface area (Å²) in [6.45, 7) is 3.76. The molecule has 0 saturated carbocycles. The van der Waals surface area contributed by atoms with Gasteiger partial charge in [-0.1, -0.05) is 6.92 Å². The molecular formula is C10H19N3O. The van der Waals surface area contributed by atoms with Crippen LogP contribution in [0.15, 0.2) is 12.3 Å². The number of nitrogens with zero attached hydrogens (tertiary/aromatic N) is 2. The Hall–Kier alpha value is -0.870. The molecule has 0 spiro atoms. The normalized spacial score (nSPS) is 13.1. The van der Waals surface area contributed by atoms with Crippen LogP contribution >= 0.6 is 0 Å². The Bertz CT molecular complexity index is 260. The summed E-state index contributed by atoms with van der Waals surface area (Å²) in [6, 6.07) is 2.01. The molecule has 1 atom stereocenters. The molecule has 0 fully saturated rings. The molecule has 0 aliphatic carbocycles. The Morgan fingerprint density at radius 2 is 2.43 bits per heavy atom. The van der Waals surface area contributed by atoms with E-state index in [1.54, 1.807) is 13.3 Å². The van der Waals surface area contributed by atoms with Crippen LogP contribution in [-0.4, -0.2) is 23.5 Å². The Morgan fingerprint density at radius 1 is 1.64 bits per heavy atom. The van der Waals surface area contributed by atoms with Gasteiger partial charge in [-0.2, -0.15) is 5.10 Å². The second-order valence-corrected chi connectivity index (χ2v) is 3.37. The summed E-state index contributed by atoms with van der Waals surface area (Å²) in [7, 11) is 1.69. The second-order valence-electron chi connectivity index (χ2n) is 3.37. The zero-order valence-electron chi connectivity index (χ0n) is 8.94. The molecule has 1 aromatic rings. The Balaban J connectivity index is 2.58. The fourth-order valence-corrected chi connectivity index (χ4v) is 1.45. The lowest BCUT2D eigenvalue weighted by atomic mass is 10.1. The van der Waals surface area contributed by atoms with E-state index in [1.165, 1.54) is 0 Å². The van der Waals surface area contributed by atoms with Gasteiger partial charge < -0.3 is 10.5 Å². The SMILES string of the molecule is CCCn1nccc1C(N)CCOC. The molecule has 1 unspecified atom stereocenters. The van der Waals surface area contributed by atoms with Crippen LogP contribution in [0.3, 0.4) is 0 Å². The van der Waals surface area contributed by atoms with Crippen molar-refractivity contribution in [2.75, 3.05) is 13.7 Å². The first kappa shape index (κ1) is 11.2. The molecule has 0 aromatic carbocycles. The highest BCUT2D eigenvalue weighted by atomic mass is 16.5. The predicted molar refractivity (Wildman–Crippen MR) is 55.9 cm³/mol. The molecular weight excluding hydrogens is 178 g/mol. The number of rotatable bonds is 6. The van der Waals surface area contributed by atoms with Crippen molar-refractivity contribution >= 4 is 0 Å². The average molecular weight is 197 g/mol. The summed E-state index contributed by atoms with van der Waals surface area (Å²) < 4.78 is 6.97. The van der Waals surface area contributed by atoms with Crippen molar-refractivity contribution in [1.29, 1.82) is 0 Å². The molecule has 4 nitrogen and oxygen atoms in total. The van der Waals surface area contributed by atoms with E-state index in [0.717, 1.165) is 25.1 Å². The van der Waals surface area contributed by atoms with Crippen molar-refractivity contribution in [3.8, 4) is 0 Å². The standard InChI is InChI=1S/C10H19N3O/c1-3-7-13-10(4-6-12-13)9(11)5-8-14-2/h4,6,9H,3,5,7-8,11H2,1-2H3. The van der Waals surface area contributed by atoms with Gasteiger partial charge in [-0.15, -0.1) is 0 Å². The smallest absolute Gasteiger partial charge is 0.0552 e. The van der Waals surface area contributed by atoms with Gasteiger partial charge in [0, 0.05) is 32.5 Å². The third-order valence-electron chi connectivity index (χ3n) is 2.20. The van der Waals surface area contributed by atoms with E-state index in [9.17, 15) is 0 Å². The highest BCUT2D eigenvalue weighted by Gasteiger charge is 2.10. The second kappa shape index (κ2) is 5.78. The minimum Gasteiger partial charge on any atom is -0.385 e. The van der Waals surface area contributed by atoms with Crippen LogP contribution in [0.4, 0.5) is 0 Å². The number of hydrogen-bond donors (Lipinski definition) is 1. The third-order valence-corrected chi connectivity index (χ3v) is 2.20. The number of aromatic nitrogens is 2. The van der Waals surface area contributed by atoms with E-state index in [4.69, 9.17) is 10.5 Å². The van der Waals surface area contributed by atoms with E-state index >= 15 is 0 Å². The highest BCUT2D eigenvalue weighted by molar-refractivity contribution is 5.06. The predicted octanol–water partition coefficient (Wildman–Crippen LogP) is 1.33. The molecule has 2 N–H and O–H groups in total. The van der Waals surface area contributed by atoms with E-state index in [-0.39, 0.29) is 6.04 Å². The lowest BCUT2D eigenvalue weighted by molar-refractivity contribution is 0.187. The molecule has 0 bridgehead atoms. The van der Waals surface area contributed by atoms with Gasteiger partial charge >= 0.3 is 0 Å². The maximum atomic E-state index is 6.02. The molecule has 0 aliphatic heterocycles. The quantitative estimate of drug-likeness (QED) is 0.748.